The molecule has 6 heteroatoms. The highest BCUT2D eigenvalue weighted by molar-refractivity contribution is 7.08. The second kappa shape index (κ2) is 4.24. The van der Waals surface area contributed by atoms with Gasteiger partial charge in [-0.05, 0) is 18.0 Å². The van der Waals surface area contributed by atoms with Crippen LogP contribution < -0.4 is 0 Å². The molecule has 0 saturated carbocycles. The first kappa shape index (κ1) is 10.5. The highest BCUT2D eigenvalue weighted by Crippen LogP contribution is 2.21. The number of carbonyl (C=O) groups is 1. The van der Waals surface area contributed by atoms with Gasteiger partial charge in [0.2, 0.25) is 0 Å². The Morgan fingerprint density at radius 1 is 1.67 bits per heavy atom. The van der Waals surface area contributed by atoms with Crippen LogP contribution in [0.4, 0.5) is 0 Å². The number of hydrogen-bond acceptors (Lipinski definition) is 5. The van der Waals surface area contributed by atoms with E-state index in [4.69, 9.17) is 5.11 Å². The predicted molar refractivity (Wildman–Crippen MR) is 55.8 cm³/mol. The second-order valence-electron chi connectivity index (χ2n) is 3.66. The molecule has 1 aliphatic heterocycles. The lowest BCUT2D eigenvalue weighted by molar-refractivity contribution is 0.0365. The summed E-state index contributed by atoms with van der Waals surface area (Å²) >= 11 is 1.15. The third-order valence-electron chi connectivity index (χ3n) is 2.59. The third kappa shape index (κ3) is 1.87. The molecule has 1 aromatic rings. The highest BCUT2D eigenvalue weighted by atomic mass is 32.1. The molecule has 0 aromatic carbocycles. The van der Waals surface area contributed by atoms with E-state index in [1.165, 1.54) is 0 Å². The van der Waals surface area contributed by atoms with Gasteiger partial charge in [0.1, 0.15) is 4.88 Å². The molecule has 0 unspecified atom stereocenters. The maximum Gasteiger partial charge on any atom is 0.267 e. The summed E-state index contributed by atoms with van der Waals surface area (Å²) in [5.41, 5.74) is 0.775. The minimum Gasteiger partial charge on any atom is -0.396 e. The highest BCUT2D eigenvalue weighted by Gasteiger charge is 2.32. The van der Waals surface area contributed by atoms with E-state index in [0.717, 1.165) is 23.6 Å². The molecule has 2 rings (SSSR count). The van der Waals surface area contributed by atoms with E-state index < -0.39 is 0 Å². The molecule has 2 heterocycles. The van der Waals surface area contributed by atoms with Gasteiger partial charge < -0.3 is 10.0 Å². The molecule has 1 saturated heterocycles. The van der Waals surface area contributed by atoms with Crippen molar-refractivity contribution in [2.24, 2.45) is 5.92 Å². The first-order valence-electron chi connectivity index (χ1n) is 4.97. The molecule has 1 fully saturated rings. The first-order chi connectivity index (χ1) is 7.26. The van der Waals surface area contributed by atoms with Crippen LogP contribution in [0.5, 0.6) is 0 Å². The van der Waals surface area contributed by atoms with Crippen molar-refractivity contribution < 1.29 is 9.90 Å². The Labute approximate surface area is 91.9 Å². The van der Waals surface area contributed by atoms with Crippen LogP contribution >= 0.6 is 11.5 Å². The molecule has 1 amide bonds. The Bertz CT molecular complexity index is 360. The maximum atomic E-state index is 11.9. The third-order valence-corrected chi connectivity index (χ3v) is 3.34. The van der Waals surface area contributed by atoms with Crippen molar-refractivity contribution in [3.8, 4) is 0 Å². The summed E-state index contributed by atoms with van der Waals surface area (Å²) in [6.07, 6.45) is 0.731. The summed E-state index contributed by atoms with van der Waals surface area (Å²) in [6, 6.07) is 0. The lowest BCUT2D eigenvalue weighted by Gasteiger charge is -2.37. The lowest BCUT2D eigenvalue weighted by atomic mass is 10.0. The van der Waals surface area contributed by atoms with E-state index in [1.807, 2.05) is 6.92 Å². The molecule has 0 bridgehead atoms. The number of aryl methyl sites for hydroxylation is 1. The van der Waals surface area contributed by atoms with Gasteiger partial charge >= 0.3 is 0 Å². The van der Waals surface area contributed by atoms with Gasteiger partial charge in [0.15, 0.2) is 0 Å². The van der Waals surface area contributed by atoms with Gasteiger partial charge in [0.05, 0.1) is 5.69 Å². The molecule has 0 radical (unpaired) electrons. The van der Waals surface area contributed by atoms with E-state index in [9.17, 15) is 4.79 Å². The molecule has 15 heavy (non-hydrogen) atoms. The van der Waals surface area contributed by atoms with Crippen molar-refractivity contribution in [2.45, 2.75) is 13.3 Å². The van der Waals surface area contributed by atoms with Crippen LogP contribution in [-0.2, 0) is 6.42 Å². The number of aliphatic hydroxyl groups is 1. The van der Waals surface area contributed by atoms with Crippen molar-refractivity contribution in [2.75, 3.05) is 19.7 Å². The molecular weight excluding hydrogens is 214 g/mol. The number of amides is 1. The zero-order valence-corrected chi connectivity index (χ0v) is 9.33. The van der Waals surface area contributed by atoms with Crippen molar-refractivity contribution in [1.29, 1.82) is 0 Å². The molecule has 1 aliphatic rings. The average molecular weight is 227 g/mol. The van der Waals surface area contributed by atoms with Crippen molar-refractivity contribution in [1.82, 2.24) is 14.5 Å². The van der Waals surface area contributed by atoms with Crippen LogP contribution in [0.15, 0.2) is 0 Å². The monoisotopic (exact) mass is 227 g/mol. The van der Waals surface area contributed by atoms with Crippen molar-refractivity contribution in [3.05, 3.63) is 10.6 Å². The Kier molecular flexibility index (Phi) is 2.97. The fourth-order valence-corrected chi connectivity index (χ4v) is 2.32. The van der Waals surface area contributed by atoms with E-state index in [0.29, 0.717) is 18.0 Å². The first-order valence-corrected chi connectivity index (χ1v) is 5.75. The van der Waals surface area contributed by atoms with Gasteiger partial charge in [-0.25, -0.2) is 0 Å². The van der Waals surface area contributed by atoms with Crippen LogP contribution in [0.3, 0.4) is 0 Å². The number of hydrogen-bond donors (Lipinski definition) is 1. The molecule has 1 aromatic heterocycles. The van der Waals surface area contributed by atoms with Gasteiger partial charge in [-0.15, -0.1) is 5.10 Å². The van der Waals surface area contributed by atoms with Gasteiger partial charge in [-0.2, -0.15) is 0 Å². The number of aromatic nitrogens is 2. The molecule has 0 spiro atoms. The van der Waals surface area contributed by atoms with Crippen LogP contribution in [0.2, 0.25) is 0 Å². The fraction of sp³-hybridized carbons (Fsp3) is 0.667. The predicted octanol–water partition coefficient (Wildman–Crippen LogP) is 0.165. The van der Waals surface area contributed by atoms with Crippen LogP contribution in [0, 0.1) is 5.92 Å². The van der Waals surface area contributed by atoms with Gasteiger partial charge in [-0.1, -0.05) is 11.4 Å². The average Bonchev–Trinajstić information content (AvgIpc) is 2.63. The number of carbonyl (C=O) groups excluding carboxylic acids is 1. The number of likely N-dealkylation sites (tertiary alicyclic amines) is 1. The van der Waals surface area contributed by atoms with E-state index in [2.05, 4.69) is 9.59 Å². The Balaban J connectivity index is 2.03. The summed E-state index contributed by atoms with van der Waals surface area (Å²) in [4.78, 5) is 14.3. The minimum absolute atomic E-state index is 0.00606. The van der Waals surface area contributed by atoms with Crippen LogP contribution in [-0.4, -0.2) is 45.2 Å². The zero-order chi connectivity index (χ0) is 10.8. The van der Waals surface area contributed by atoms with Crippen molar-refractivity contribution in [3.63, 3.8) is 0 Å². The summed E-state index contributed by atoms with van der Waals surface area (Å²) in [5.74, 6) is 0.256. The van der Waals surface area contributed by atoms with Gasteiger partial charge in [0, 0.05) is 25.6 Å². The summed E-state index contributed by atoms with van der Waals surface area (Å²) in [5, 5.41) is 12.8. The largest absolute Gasteiger partial charge is 0.396 e. The van der Waals surface area contributed by atoms with Gasteiger partial charge in [-0.3, -0.25) is 4.79 Å². The quantitative estimate of drug-likeness (QED) is 0.799. The molecular formula is C9H13N3O2S. The van der Waals surface area contributed by atoms with E-state index >= 15 is 0 Å². The van der Waals surface area contributed by atoms with Crippen LogP contribution in [0.1, 0.15) is 22.3 Å². The Morgan fingerprint density at radius 3 is 3.00 bits per heavy atom. The molecule has 0 aliphatic carbocycles. The Hall–Kier alpha value is -1.01. The fourth-order valence-electron chi connectivity index (χ4n) is 1.60. The molecule has 0 atom stereocenters. The number of nitrogens with zero attached hydrogens (tertiary/aromatic N) is 3. The smallest absolute Gasteiger partial charge is 0.267 e. The zero-order valence-electron chi connectivity index (χ0n) is 8.51. The van der Waals surface area contributed by atoms with Gasteiger partial charge in [0.25, 0.3) is 5.91 Å². The lowest BCUT2D eigenvalue weighted by Crippen LogP contribution is -2.51. The van der Waals surface area contributed by atoms with E-state index in [1.54, 1.807) is 4.90 Å². The minimum atomic E-state index is 0.00606. The normalized spacial score (nSPS) is 16.5. The standard InChI is InChI=1S/C9H13N3O2S/c1-2-7-8(15-11-10-7)9(14)12-3-6(4-12)5-13/h6,13H,2-5H2,1H3. The topological polar surface area (TPSA) is 66.3 Å². The number of aliphatic hydroxyl groups excluding tert-OH is 1. The van der Waals surface area contributed by atoms with Crippen LogP contribution in [0.25, 0.3) is 0 Å². The molecule has 5 nitrogen and oxygen atoms in total. The number of rotatable bonds is 3. The maximum absolute atomic E-state index is 11.9. The Morgan fingerprint density at radius 2 is 2.40 bits per heavy atom. The van der Waals surface area contributed by atoms with E-state index in [-0.39, 0.29) is 18.4 Å². The summed E-state index contributed by atoms with van der Waals surface area (Å²) in [7, 11) is 0. The summed E-state index contributed by atoms with van der Waals surface area (Å²) < 4.78 is 3.79. The SMILES string of the molecule is CCc1nnsc1C(=O)N1CC(CO)C1. The second-order valence-corrected chi connectivity index (χ2v) is 4.42. The molecule has 1 N–H and O–H groups in total. The molecule has 82 valence electrons. The summed E-state index contributed by atoms with van der Waals surface area (Å²) in [6.45, 7) is 3.41. The van der Waals surface area contributed by atoms with Crippen molar-refractivity contribution >= 4 is 17.4 Å².